The highest BCUT2D eigenvalue weighted by Crippen LogP contribution is 2.47. The van der Waals surface area contributed by atoms with E-state index < -0.39 is 8.53 Å². The minimum Gasteiger partial charge on any atom is -0.321 e. The van der Waals surface area contributed by atoms with E-state index >= 15 is 0 Å². The van der Waals surface area contributed by atoms with Gasteiger partial charge in [-0.05, 0) is 40.7 Å². The van der Waals surface area contributed by atoms with Crippen LogP contribution in [0, 0.1) is 11.3 Å². The van der Waals surface area contributed by atoms with Crippen LogP contribution >= 0.6 is 8.53 Å². The first-order chi connectivity index (χ1) is 9.06. The van der Waals surface area contributed by atoms with Crippen molar-refractivity contribution in [3.8, 4) is 6.07 Å². The van der Waals surface area contributed by atoms with E-state index in [9.17, 15) is 0 Å². The Hall–Kier alpha value is -0.240. The van der Waals surface area contributed by atoms with Gasteiger partial charge in [0.25, 0.3) is 8.53 Å². The molecule has 0 aromatic rings. The van der Waals surface area contributed by atoms with E-state index in [1.165, 1.54) is 0 Å². The van der Waals surface area contributed by atoms with Crippen molar-refractivity contribution in [2.45, 2.75) is 58.7 Å². The molecule has 2 atom stereocenters. The average molecular weight is 287 g/mol. The molecule has 0 aromatic heterocycles. The summed E-state index contributed by atoms with van der Waals surface area (Å²) < 4.78 is 14.3. The maximum Gasteiger partial charge on any atom is 0.259 e. The van der Waals surface area contributed by atoms with Crippen molar-refractivity contribution in [3.63, 3.8) is 0 Å². The van der Waals surface area contributed by atoms with Crippen molar-refractivity contribution in [3.05, 3.63) is 0 Å². The molecule has 0 aliphatic carbocycles. The SMILES string of the molecule is CC(C)N(C(C)C)P(OCCC#N)O[C@H]1CCNC1. The smallest absolute Gasteiger partial charge is 0.259 e. The Kier molecular flexibility index (Phi) is 7.82. The van der Waals surface area contributed by atoms with Crippen molar-refractivity contribution in [1.29, 1.82) is 5.26 Å². The fourth-order valence-electron chi connectivity index (χ4n) is 2.14. The standard InChI is InChI=1S/C13H26N3O2P/c1-11(2)16(12(3)4)19(17-9-5-7-14)18-13-6-8-15-10-13/h11-13,15H,5-6,8-10H2,1-4H3/t13-,19?/m0/s1. The Morgan fingerprint density at radius 1 is 1.37 bits per heavy atom. The molecule has 19 heavy (non-hydrogen) atoms. The molecule has 0 amide bonds. The van der Waals surface area contributed by atoms with Gasteiger partial charge < -0.3 is 14.4 Å². The summed E-state index contributed by atoms with van der Waals surface area (Å²) in [5, 5.41) is 11.9. The molecule has 0 bridgehead atoms. The second-order valence-electron chi connectivity index (χ2n) is 5.27. The third-order valence-corrected chi connectivity index (χ3v) is 5.10. The van der Waals surface area contributed by atoms with E-state index in [1.807, 2.05) is 0 Å². The van der Waals surface area contributed by atoms with Crippen LogP contribution < -0.4 is 5.32 Å². The molecule has 1 fully saturated rings. The van der Waals surface area contributed by atoms with Gasteiger partial charge in [-0.3, -0.25) is 0 Å². The van der Waals surface area contributed by atoms with Crippen molar-refractivity contribution in [1.82, 2.24) is 9.99 Å². The Labute approximate surface area is 118 Å². The van der Waals surface area contributed by atoms with Crippen LogP contribution in [-0.2, 0) is 9.05 Å². The first-order valence-corrected chi connectivity index (χ1v) is 8.15. The van der Waals surface area contributed by atoms with E-state index in [0.717, 1.165) is 19.5 Å². The van der Waals surface area contributed by atoms with E-state index in [1.54, 1.807) is 0 Å². The van der Waals surface area contributed by atoms with E-state index in [4.69, 9.17) is 14.3 Å². The molecule has 5 nitrogen and oxygen atoms in total. The summed E-state index contributed by atoms with van der Waals surface area (Å²) in [4.78, 5) is 0. The topological polar surface area (TPSA) is 57.5 Å². The van der Waals surface area contributed by atoms with Crippen LogP contribution in [0.1, 0.15) is 40.5 Å². The third kappa shape index (κ3) is 5.72. The van der Waals surface area contributed by atoms with Gasteiger partial charge in [-0.1, -0.05) is 0 Å². The molecule has 0 radical (unpaired) electrons. The highest BCUT2D eigenvalue weighted by Gasteiger charge is 2.30. The molecule has 1 unspecified atom stereocenters. The Bertz CT molecular complexity index is 280. The largest absolute Gasteiger partial charge is 0.321 e. The van der Waals surface area contributed by atoms with Gasteiger partial charge in [0.2, 0.25) is 0 Å². The maximum absolute atomic E-state index is 8.63. The Morgan fingerprint density at radius 3 is 2.53 bits per heavy atom. The van der Waals surface area contributed by atoms with Gasteiger partial charge in [-0.2, -0.15) is 5.26 Å². The quantitative estimate of drug-likeness (QED) is 0.549. The first kappa shape index (κ1) is 16.8. The van der Waals surface area contributed by atoms with Crippen LogP contribution in [0.3, 0.4) is 0 Å². The van der Waals surface area contributed by atoms with Crippen LogP contribution in [-0.4, -0.2) is 42.6 Å². The fourth-order valence-corrected chi connectivity index (χ4v) is 3.88. The zero-order valence-corrected chi connectivity index (χ0v) is 13.3. The van der Waals surface area contributed by atoms with Crippen molar-refractivity contribution in [2.75, 3.05) is 19.7 Å². The van der Waals surface area contributed by atoms with Crippen LogP contribution in [0.25, 0.3) is 0 Å². The number of rotatable bonds is 8. The fraction of sp³-hybridized carbons (Fsp3) is 0.923. The van der Waals surface area contributed by atoms with Crippen LogP contribution in [0.15, 0.2) is 0 Å². The lowest BCUT2D eigenvalue weighted by atomic mass is 10.3. The van der Waals surface area contributed by atoms with E-state index in [0.29, 0.717) is 25.1 Å². The average Bonchev–Trinajstić information content (AvgIpc) is 2.81. The molecule has 0 aromatic carbocycles. The number of nitrogens with zero attached hydrogens (tertiary/aromatic N) is 2. The number of nitrogens with one attached hydrogen (secondary N) is 1. The normalized spacial score (nSPS) is 21.3. The summed E-state index contributed by atoms with van der Waals surface area (Å²) in [6, 6.07) is 2.84. The molecule has 6 heteroatoms. The van der Waals surface area contributed by atoms with Gasteiger partial charge in [0.15, 0.2) is 0 Å². The van der Waals surface area contributed by atoms with Crippen LogP contribution in [0.5, 0.6) is 0 Å². The highest BCUT2D eigenvalue weighted by atomic mass is 31.2. The molecule has 0 saturated carbocycles. The lowest BCUT2D eigenvalue weighted by Crippen LogP contribution is -2.35. The summed E-state index contributed by atoms with van der Waals surface area (Å²) >= 11 is 0. The predicted molar refractivity (Wildman–Crippen MR) is 77.6 cm³/mol. The monoisotopic (exact) mass is 287 g/mol. The second kappa shape index (κ2) is 8.84. The highest BCUT2D eigenvalue weighted by molar-refractivity contribution is 7.44. The van der Waals surface area contributed by atoms with E-state index in [-0.39, 0.29) is 6.10 Å². The van der Waals surface area contributed by atoms with Gasteiger partial charge in [-0.25, -0.2) is 4.67 Å². The molecule has 1 rings (SSSR count). The van der Waals surface area contributed by atoms with Gasteiger partial charge in [0.05, 0.1) is 25.2 Å². The van der Waals surface area contributed by atoms with Crippen molar-refractivity contribution < 1.29 is 9.05 Å². The molecule has 1 aliphatic rings. The molecule has 1 aliphatic heterocycles. The minimum atomic E-state index is -1.08. The third-order valence-electron chi connectivity index (χ3n) is 2.92. The molecule has 110 valence electrons. The maximum atomic E-state index is 8.63. The van der Waals surface area contributed by atoms with Crippen LogP contribution in [0.2, 0.25) is 0 Å². The minimum absolute atomic E-state index is 0.230. The molecule has 1 heterocycles. The molecular formula is C13H26N3O2P. The number of hydrogen-bond acceptors (Lipinski definition) is 5. The van der Waals surface area contributed by atoms with Gasteiger partial charge in [0, 0.05) is 18.6 Å². The van der Waals surface area contributed by atoms with Gasteiger partial charge in [0.1, 0.15) is 0 Å². The zero-order valence-electron chi connectivity index (χ0n) is 12.4. The Morgan fingerprint density at radius 2 is 2.05 bits per heavy atom. The summed E-state index contributed by atoms with van der Waals surface area (Å²) in [5.74, 6) is 0. The lowest BCUT2D eigenvalue weighted by Gasteiger charge is -2.36. The number of nitriles is 1. The van der Waals surface area contributed by atoms with Gasteiger partial charge in [-0.15, -0.1) is 0 Å². The van der Waals surface area contributed by atoms with Gasteiger partial charge >= 0.3 is 0 Å². The number of hydrogen-bond donors (Lipinski definition) is 1. The second-order valence-corrected chi connectivity index (χ2v) is 6.67. The Balaban J connectivity index is 2.62. The summed E-state index contributed by atoms with van der Waals surface area (Å²) in [6.07, 6.45) is 1.67. The van der Waals surface area contributed by atoms with Crippen molar-refractivity contribution in [2.24, 2.45) is 0 Å². The summed E-state index contributed by atoms with van der Waals surface area (Å²) in [7, 11) is -1.08. The zero-order chi connectivity index (χ0) is 14.3. The van der Waals surface area contributed by atoms with Crippen LogP contribution in [0.4, 0.5) is 0 Å². The summed E-state index contributed by atoms with van der Waals surface area (Å²) in [6.45, 7) is 11.0. The predicted octanol–water partition coefficient (Wildman–Crippen LogP) is 2.64. The lowest BCUT2D eigenvalue weighted by molar-refractivity contribution is 0.141. The molecule has 1 saturated heterocycles. The van der Waals surface area contributed by atoms with E-state index in [2.05, 4.69) is 43.8 Å². The molecule has 1 N–H and O–H groups in total. The molecular weight excluding hydrogens is 261 g/mol. The van der Waals surface area contributed by atoms with Crippen molar-refractivity contribution >= 4 is 8.53 Å². The molecule has 0 spiro atoms. The first-order valence-electron chi connectivity index (χ1n) is 7.02. The summed E-state index contributed by atoms with van der Waals surface area (Å²) in [5.41, 5.74) is 0.